The van der Waals surface area contributed by atoms with Gasteiger partial charge in [0, 0.05) is 29.6 Å². The van der Waals surface area contributed by atoms with Crippen LogP contribution >= 0.6 is 23.2 Å². The van der Waals surface area contributed by atoms with Crippen LogP contribution < -0.4 is 16.6 Å². The van der Waals surface area contributed by atoms with Gasteiger partial charge in [-0.2, -0.15) is 0 Å². The summed E-state index contributed by atoms with van der Waals surface area (Å²) in [5, 5.41) is 4.45. The molecule has 8 heteroatoms. The molecule has 0 aliphatic heterocycles. The van der Waals surface area contributed by atoms with Crippen molar-refractivity contribution in [2.75, 3.05) is 6.54 Å². The van der Waals surface area contributed by atoms with Gasteiger partial charge in [-0.1, -0.05) is 65.7 Å². The van der Waals surface area contributed by atoms with E-state index >= 15 is 0 Å². The number of hydrogen-bond donors (Lipinski definition) is 1. The number of hydrogen-bond acceptors (Lipinski definition) is 3. The van der Waals surface area contributed by atoms with Gasteiger partial charge in [0.1, 0.15) is 0 Å². The van der Waals surface area contributed by atoms with Crippen LogP contribution in [-0.4, -0.2) is 21.6 Å². The van der Waals surface area contributed by atoms with Gasteiger partial charge in [0.25, 0.3) is 5.56 Å². The van der Waals surface area contributed by atoms with E-state index in [2.05, 4.69) is 5.32 Å². The van der Waals surface area contributed by atoms with Gasteiger partial charge in [0.15, 0.2) is 0 Å². The highest BCUT2D eigenvalue weighted by Crippen LogP contribution is 2.17. The Hall–Kier alpha value is -3.35. The molecule has 6 nitrogen and oxygen atoms in total. The zero-order chi connectivity index (χ0) is 24.1. The first-order chi connectivity index (χ1) is 16.4. The molecule has 3 aromatic carbocycles. The first-order valence-electron chi connectivity index (χ1n) is 10.9. The van der Waals surface area contributed by atoms with Gasteiger partial charge in [-0.05, 0) is 47.9 Å². The van der Waals surface area contributed by atoms with Gasteiger partial charge in [-0.3, -0.25) is 18.7 Å². The van der Waals surface area contributed by atoms with Crippen molar-refractivity contribution in [3.05, 3.63) is 115 Å². The van der Waals surface area contributed by atoms with Crippen molar-refractivity contribution in [1.29, 1.82) is 0 Å². The fourth-order valence-corrected chi connectivity index (χ4v) is 4.14. The number of carbonyl (C=O) groups excluding carboxylic acids is 1. The third kappa shape index (κ3) is 5.41. The molecular formula is C26H23Cl2N3O3. The van der Waals surface area contributed by atoms with Crippen molar-refractivity contribution in [3.8, 4) is 0 Å². The number of benzene rings is 3. The van der Waals surface area contributed by atoms with Crippen molar-refractivity contribution in [2.24, 2.45) is 0 Å². The number of para-hydroxylation sites is 1. The van der Waals surface area contributed by atoms with Crippen LogP contribution in [0.3, 0.4) is 0 Å². The summed E-state index contributed by atoms with van der Waals surface area (Å²) in [6.45, 7) is 0.647. The lowest BCUT2D eigenvalue weighted by Crippen LogP contribution is -2.41. The van der Waals surface area contributed by atoms with E-state index in [1.165, 1.54) is 4.57 Å². The van der Waals surface area contributed by atoms with Crippen molar-refractivity contribution >= 4 is 40.0 Å². The maximum absolute atomic E-state index is 13.3. The summed E-state index contributed by atoms with van der Waals surface area (Å²) in [6.07, 6.45) is 0.670. The van der Waals surface area contributed by atoms with Crippen LogP contribution in [0.1, 0.15) is 17.5 Å². The van der Waals surface area contributed by atoms with Crippen LogP contribution in [0, 0.1) is 0 Å². The smallest absolute Gasteiger partial charge is 0.331 e. The molecule has 0 aliphatic rings. The SMILES string of the molecule is O=C(CCn1c(=O)c2ccccc2n(Cc2ccccc2Cl)c1=O)NCCc1ccc(Cl)cc1. The highest BCUT2D eigenvalue weighted by molar-refractivity contribution is 6.31. The van der Waals surface area contributed by atoms with Crippen LogP contribution in [0.2, 0.25) is 10.0 Å². The summed E-state index contributed by atoms with van der Waals surface area (Å²) in [6, 6.07) is 21.6. The van der Waals surface area contributed by atoms with Crippen LogP contribution in [0.4, 0.5) is 0 Å². The Morgan fingerprint density at radius 1 is 0.853 bits per heavy atom. The fraction of sp³-hybridized carbons (Fsp3) is 0.192. The average molecular weight is 496 g/mol. The molecule has 4 rings (SSSR count). The second-order valence-corrected chi connectivity index (χ2v) is 8.75. The van der Waals surface area contributed by atoms with Crippen molar-refractivity contribution < 1.29 is 4.79 Å². The summed E-state index contributed by atoms with van der Waals surface area (Å²) in [5.41, 5.74) is 1.46. The number of carbonyl (C=O) groups is 1. The van der Waals surface area contributed by atoms with Crippen molar-refractivity contribution in [1.82, 2.24) is 14.5 Å². The highest BCUT2D eigenvalue weighted by Gasteiger charge is 2.15. The van der Waals surface area contributed by atoms with E-state index in [-0.39, 0.29) is 25.4 Å². The van der Waals surface area contributed by atoms with E-state index in [1.54, 1.807) is 42.5 Å². The first-order valence-corrected chi connectivity index (χ1v) is 11.7. The van der Waals surface area contributed by atoms with Gasteiger partial charge < -0.3 is 5.32 Å². The predicted octanol–water partition coefficient (Wildman–Crippen LogP) is 4.27. The molecule has 1 amide bonds. The third-order valence-electron chi connectivity index (χ3n) is 5.63. The fourth-order valence-electron chi connectivity index (χ4n) is 3.82. The molecule has 0 saturated carbocycles. The zero-order valence-corrected chi connectivity index (χ0v) is 19.9. The van der Waals surface area contributed by atoms with E-state index < -0.39 is 11.2 Å². The molecule has 174 valence electrons. The minimum absolute atomic E-state index is 0.0141. The summed E-state index contributed by atoms with van der Waals surface area (Å²) in [4.78, 5) is 38.7. The molecule has 0 saturated heterocycles. The lowest BCUT2D eigenvalue weighted by molar-refractivity contribution is -0.121. The van der Waals surface area contributed by atoms with Gasteiger partial charge in [-0.15, -0.1) is 0 Å². The predicted molar refractivity (Wildman–Crippen MR) is 136 cm³/mol. The van der Waals surface area contributed by atoms with Crippen LogP contribution in [-0.2, 0) is 24.3 Å². The third-order valence-corrected chi connectivity index (χ3v) is 6.25. The molecule has 1 N–H and O–H groups in total. The van der Waals surface area contributed by atoms with Crippen LogP contribution in [0.25, 0.3) is 10.9 Å². The normalized spacial score (nSPS) is 11.0. The zero-order valence-electron chi connectivity index (χ0n) is 18.3. The number of nitrogens with one attached hydrogen (secondary N) is 1. The lowest BCUT2D eigenvalue weighted by Gasteiger charge is -2.15. The standard InChI is InChI=1S/C26H23Cl2N3O3/c27-20-11-9-18(10-12-20)13-15-29-24(32)14-16-30-25(33)21-6-2-4-8-23(21)31(26(30)34)17-19-5-1-3-7-22(19)28/h1-12H,13-17H2,(H,29,32). The lowest BCUT2D eigenvalue weighted by atomic mass is 10.1. The largest absolute Gasteiger partial charge is 0.356 e. The number of fused-ring (bicyclic) bond motifs is 1. The van der Waals surface area contributed by atoms with Crippen LogP contribution in [0.15, 0.2) is 82.4 Å². The molecule has 0 bridgehead atoms. The minimum atomic E-state index is -0.474. The molecule has 0 atom stereocenters. The molecular weight excluding hydrogens is 473 g/mol. The van der Waals surface area contributed by atoms with Crippen LogP contribution in [0.5, 0.6) is 0 Å². The molecule has 0 unspecified atom stereocenters. The molecule has 0 aliphatic carbocycles. The summed E-state index contributed by atoms with van der Waals surface area (Å²) in [7, 11) is 0. The topological polar surface area (TPSA) is 73.1 Å². The Morgan fingerprint density at radius 2 is 1.56 bits per heavy atom. The number of nitrogens with zero attached hydrogens (tertiary/aromatic N) is 2. The van der Waals surface area contributed by atoms with E-state index in [0.29, 0.717) is 33.9 Å². The Balaban J connectivity index is 1.52. The van der Waals surface area contributed by atoms with Crippen molar-refractivity contribution in [2.45, 2.75) is 25.9 Å². The molecule has 34 heavy (non-hydrogen) atoms. The summed E-state index contributed by atoms with van der Waals surface area (Å²) in [5.74, 6) is -0.230. The number of rotatable bonds is 8. The summed E-state index contributed by atoms with van der Waals surface area (Å²) >= 11 is 12.2. The molecule has 0 fully saturated rings. The molecule has 0 radical (unpaired) electrons. The Morgan fingerprint density at radius 3 is 2.32 bits per heavy atom. The molecule has 4 aromatic rings. The average Bonchev–Trinajstić information content (AvgIpc) is 2.84. The Kier molecular flexibility index (Phi) is 7.50. The maximum Gasteiger partial charge on any atom is 0.331 e. The Bertz CT molecular complexity index is 1440. The van der Waals surface area contributed by atoms with Gasteiger partial charge in [0.2, 0.25) is 5.91 Å². The molecule has 1 heterocycles. The van der Waals surface area contributed by atoms with E-state index in [9.17, 15) is 14.4 Å². The Labute approximate surface area is 206 Å². The van der Waals surface area contributed by atoms with Gasteiger partial charge in [0.05, 0.1) is 17.4 Å². The molecule has 1 aromatic heterocycles. The van der Waals surface area contributed by atoms with Crippen molar-refractivity contribution in [3.63, 3.8) is 0 Å². The number of halogens is 2. The highest BCUT2D eigenvalue weighted by atomic mass is 35.5. The quantitative estimate of drug-likeness (QED) is 0.396. The first kappa shape index (κ1) is 23.8. The second kappa shape index (κ2) is 10.7. The summed E-state index contributed by atoms with van der Waals surface area (Å²) < 4.78 is 2.65. The monoisotopic (exact) mass is 495 g/mol. The second-order valence-electron chi connectivity index (χ2n) is 7.91. The number of amides is 1. The van der Waals surface area contributed by atoms with E-state index in [4.69, 9.17) is 23.2 Å². The molecule has 0 spiro atoms. The van der Waals surface area contributed by atoms with Gasteiger partial charge in [-0.25, -0.2) is 4.79 Å². The van der Waals surface area contributed by atoms with Gasteiger partial charge >= 0.3 is 5.69 Å². The minimum Gasteiger partial charge on any atom is -0.356 e. The van der Waals surface area contributed by atoms with E-state index in [0.717, 1.165) is 15.7 Å². The number of aromatic nitrogens is 2. The maximum atomic E-state index is 13.3. The van der Waals surface area contributed by atoms with E-state index in [1.807, 2.05) is 30.3 Å².